The van der Waals surface area contributed by atoms with Crippen molar-refractivity contribution in [1.82, 2.24) is 9.78 Å². The number of unbranched alkanes of at least 4 members (excludes halogenated alkanes) is 5. The van der Waals surface area contributed by atoms with Crippen LogP contribution in [0.5, 0.6) is 0 Å². The summed E-state index contributed by atoms with van der Waals surface area (Å²) in [7, 11) is 0. The first-order valence-corrected chi connectivity index (χ1v) is 9.22. The summed E-state index contributed by atoms with van der Waals surface area (Å²) >= 11 is 0. The maximum absolute atomic E-state index is 13.2. The Labute approximate surface area is 140 Å². The summed E-state index contributed by atoms with van der Waals surface area (Å²) < 4.78 is 28.3. The number of alkyl halides is 2. The topological polar surface area (TPSA) is 17.8 Å². The highest BCUT2D eigenvalue weighted by Gasteiger charge is 2.31. The van der Waals surface area contributed by atoms with Crippen LogP contribution in [-0.4, -0.2) is 9.78 Å². The molecule has 0 fully saturated rings. The number of hydrogen-bond donors (Lipinski definition) is 0. The van der Waals surface area contributed by atoms with Crippen LogP contribution in [0.2, 0.25) is 0 Å². The highest BCUT2D eigenvalue weighted by atomic mass is 19.3. The van der Waals surface area contributed by atoms with Gasteiger partial charge in [-0.15, -0.1) is 0 Å². The average molecular weight is 328 g/mol. The Bertz CT molecular complexity index is 468. The van der Waals surface area contributed by atoms with E-state index in [1.807, 2.05) is 11.6 Å². The molecule has 2 nitrogen and oxygen atoms in total. The second-order valence-electron chi connectivity index (χ2n) is 7.07. The predicted octanol–water partition coefficient (Wildman–Crippen LogP) is 6.70. The highest BCUT2D eigenvalue weighted by molar-refractivity contribution is 5.25. The smallest absolute Gasteiger partial charge is 0.263 e. The fraction of sp³-hybridized carbons (Fsp3) is 0.842. The summed E-state index contributed by atoms with van der Waals surface area (Å²) in [6, 6.07) is 0. The Balaban J connectivity index is 2.93. The van der Waals surface area contributed by atoms with Crippen molar-refractivity contribution >= 4 is 0 Å². The van der Waals surface area contributed by atoms with Gasteiger partial charge in [0.05, 0.1) is 5.54 Å². The first-order chi connectivity index (χ1) is 10.9. The Kier molecular flexibility index (Phi) is 8.21. The predicted molar refractivity (Wildman–Crippen MR) is 93.2 cm³/mol. The van der Waals surface area contributed by atoms with Gasteiger partial charge in [0, 0.05) is 5.69 Å². The van der Waals surface area contributed by atoms with Crippen LogP contribution in [0.1, 0.15) is 102 Å². The van der Waals surface area contributed by atoms with E-state index in [9.17, 15) is 8.78 Å². The van der Waals surface area contributed by atoms with Crippen molar-refractivity contribution in [2.75, 3.05) is 0 Å². The lowest BCUT2D eigenvalue weighted by Crippen LogP contribution is -2.32. The molecule has 0 aromatic carbocycles. The molecule has 1 atom stereocenters. The molecule has 0 N–H and O–H groups in total. The minimum atomic E-state index is -2.49. The summed E-state index contributed by atoms with van der Waals surface area (Å²) in [5.41, 5.74) is 1.35. The van der Waals surface area contributed by atoms with Crippen molar-refractivity contribution in [2.45, 2.75) is 104 Å². The van der Waals surface area contributed by atoms with Gasteiger partial charge in [0.25, 0.3) is 6.43 Å². The lowest BCUT2D eigenvalue weighted by atomic mass is 9.88. The van der Waals surface area contributed by atoms with E-state index < -0.39 is 6.43 Å². The molecule has 0 aliphatic rings. The third-order valence-corrected chi connectivity index (χ3v) is 5.06. The van der Waals surface area contributed by atoms with E-state index in [2.05, 4.69) is 25.9 Å². The van der Waals surface area contributed by atoms with Crippen LogP contribution in [0.25, 0.3) is 0 Å². The van der Waals surface area contributed by atoms with Crippen LogP contribution in [0.15, 0.2) is 0 Å². The third kappa shape index (κ3) is 5.29. The van der Waals surface area contributed by atoms with Gasteiger partial charge in [-0.05, 0) is 39.2 Å². The molecule has 134 valence electrons. The zero-order chi connectivity index (χ0) is 17.5. The van der Waals surface area contributed by atoms with Crippen molar-refractivity contribution in [2.24, 2.45) is 0 Å². The number of nitrogens with zero attached hydrogens (tertiary/aromatic N) is 2. The van der Waals surface area contributed by atoms with Crippen molar-refractivity contribution in [3.05, 3.63) is 17.0 Å². The maximum atomic E-state index is 13.2. The number of rotatable bonds is 11. The number of halogens is 2. The molecule has 0 saturated heterocycles. The Hall–Kier alpha value is -0.930. The van der Waals surface area contributed by atoms with E-state index in [0.29, 0.717) is 5.56 Å². The molecule has 0 aliphatic carbocycles. The van der Waals surface area contributed by atoms with Crippen molar-refractivity contribution in [3.63, 3.8) is 0 Å². The van der Waals surface area contributed by atoms with Gasteiger partial charge in [0.1, 0.15) is 5.69 Å². The van der Waals surface area contributed by atoms with E-state index in [1.54, 1.807) is 6.92 Å². The van der Waals surface area contributed by atoms with Crippen molar-refractivity contribution < 1.29 is 8.78 Å². The molecule has 0 spiro atoms. The largest absolute Gasteiger partial charge is 0.282 e. The zero-order valence-electron chi connectivity index (χ0n) is 15.6. The lowest BCUT2D eigenvalue weighted by Gasteiger charge is -2.32. The van der Waals surface area contributed by atoms with Gasteiger partial charge < -0.3 is 0 Å². The molecule has 0 aliphatic heterocycles. The average Bonchev–Trinajstić information content (AvgIpc) is 2.82. The van der Waals surface area contributed by atoms with Crippen LogP contribution in [0, 0.1) is 13.8 Å². The normalized spacial score (nSPS) is 14.4. The lowest BCUT2D eigenvalue weighted by molar-refractivity contribution is 0.140. The molecule has 23 heavy (non-hydrogen) atoms. The van der Waals surface area contributed by atoms with E-state index in [0.717, 1.165) is 37.8 Å². The standard InChI is InChI=1S/C19H34F2N2/c1-6-8-10-11-12-14-19(5,13-9-7-2)23-16(4)15(3)17(22-23)18(20)21/h18H,6-14H2,1-5H3. The minimum Gasteiger partial charge on any atom is -0.263 e. The van der Waals surface area contributed by atoms with E-state index in [4.69, 9.17) is 0 Å². The fourth-order valence-electron chi connectivity index (χ4n) is 3.34. The van der Waals surface area contributed by atoms with Gasteiger partial charge in [0.2, 0.25) is 0 Å². The molecule has 1 heterocycles. The zero-order valence-corrected chi connectivity index (χ0v) is 15.6. The minimum absolute atomic E-state index is 0.0452. The van der Waals surface area contributed by atoms with Gasteiger partial charge >= 0.3 is 0 Å². The Morgan fingerprint density at radius 2 is 1.52 bits per heavy atom. The summed E-state index contributed by atoms with van der Waals surface area (Å²) in [4.78, 5) is 0. The summed E-state index contributed by atoms with van der Waals surface area (Å²) in [6.07, 6.45) is 7.89. The van der Waals surface area contributed by atoms with E-state index >= 15 is 0 Å². The SMILES string of the molecule is CCCCCCCC(C)(CCCC)n1nc(C(F)F)c(C)c1C. The molecular weight excluding hydrogens is 294 g/mol. The number of hydrogen-bond acceptors (Lipinski definition) is 1. The van der Waals surface area contributed by atoms with E-state index in [-0.39, 0.29) is 11.2 Å². The van der Waals surface area contributed by atoms with E-state index in [1.165, 1.54) is 25.7 Å². The Morgan fingerprint density at radius 3 is 2.04 bits per heavy atom. The van der Waals surface area contributed by atoms with Crippen LogP contribution in [-0.2, 0) is 5.54 Å². The highest BCUT2D eigenvalue weighted by Crippen LogP contribution is 2.34. The molecule has 4 heteroatoms. The molecule has 1 unspecified atom stereocenters. The monoisotopic (exact) mass is 328 g/mol. The molecule has 0 saturated carbocycles. The molecule has 0 bridgehead atoms. The first kappa shape index (κ1) is 20.1. The fourth-order valence-corrected chi connectivity index (χ4v) is 3.34. The quantitative estimate of drug-likeness (QED) is 0.413. The molecular formula is C19H34F2N2. The third-order valence-electron chi connectivity index (χ3n) is 5.06. The van der Waals surface area contributed by atoms with Crippen LogP contribution in [0.4, 0.5) is 8.78 Å². The molecule has 0 radical (unpaired) electrons. The van der Waals surface area contributed by atoms with Crippen molar-refractivity contribution in [1.29, 1.82) is 0 Å². The van der Waals surface area contributed by atoms with Gasteiger partial charge in [-0.2, -0.15) is 5.10 Å². The molecule has 1 aromatic rings. The summed E-state index contributed by atoms with van der Waals surface area (Å²) in [6.45, 7) is 10.3. The van der Waals surface area contributed by atoms with Gasteiger partial charge in [-0.25, -0.2) is 8.78 Å². The number of aromatic nitrogens is 2. The van der Waals surface area contributed by atoms with Gasteiger partial charge in [0.15, 0.2) is 0 Å². The molecule has 0 amide bonds. The Morgan fingerprint density at radius 1 is 0.957 bits per heavy atom. The summed E-state index contributed by atoms with van der Waals surface area (Å²) in [5, 5.41) is 4.32. The second kappa shape index (κ2) is 9.39. The molecule has 1 rings (SSSR count). The molecule has 1 aromatic heterocycles. The van der Waals surface area contributed by atoms with Crippen LogP contribution < -0.4 is 0 Å². The van der Waals surface area contributed by atoms with Crippen LogP contribution >= 0.6 is 0 Å². The summed E-state index contributed by atoms with van der Waals surface area (Å²) in [5.74, 6) is 0. The maximum Gasteiger partial charge on any atom is 0.282 e. The van der Waals surface area contributed by atoms with Crippen molar-refractivity contribution in [3.8, 4) is 0 Å². The first-order valence-electron chi connectivity index (χ1n) is 9.22. The van der Waals surface area contributed by atoms with Gasteiger partial charge in [-0.3, -0.25) is 4.68 Å². The second-order valence-corrected chi connectivity index (χ2v) is 7.07. The van der Waals surface area contributed by atoms with Gasteiger partial charge in [-0.1, -0.05) is 58.8 Å². The van der Waals surface area contributed by atoms with Crippen LogP contribution in [0.3, 0.4) is 0 Å².